The van der Waals surface area contributed by atoms with Crippen LogP contribution >= 0.6 is 11.6 Å². The van der Waals surface area contributed by atoms with Crippen molar-refractivity contribution in [3.63, 3.8) is 0 Å². The van der Waals surface area contributed by atoms with Gasteiger partial charge in [-0.15, -0.1) is 11.6 Å². The van der Waals surface area contributed by atoms with Crippen molar-refractivity contribution in [3.8, 4) is 0 Å². The minimum absolute atomic E-state index is 0.713. The quantitative estimate of drug-likeness (QED) is 0.701. The smallest absolute Gasteiger partial charge is 0.0351 e. The maximum atomic E-state index is 5.91. The normalized spacial score (nSPS) is 18.9. The van der Waals surface area contributed by atoms with Crippen LogP contribution in [0.2, 0.25) is 0 Å². The van der Waals surface area contributed by atoms with E-state index in [0.717, 1.165) is 12.4 Å². The van der Waals surface area contributed by atoms with Crippen molar-refractivity contribution >= 4 is 11.6 Å². The maximum Gasteiger partial charge on any atom is 0.0351 e. The second-order valence-corrected chi connectivity index (χ2v) is 5.66. The van der Waals surface area contributed by atoms with Crippen molar-refractivity contribution in [1.29, 1.82) is 0 Å². The summed E-state index contributed by atoms with van der Waals surface area (Å²) < 4.78 is 0. The average molecular weight is 266 g/mol. The van der Waals surface area contributed by atoms with Crippen LogP contribution in [0.15, 0.2) is 24.3 Å². The van der Waals surface area contributed by atoms with Crippen molar-refractivity contribution in [2.45, 2.75) is 38.5 Å². The number of alkyl halides is 1. The van der Waals surface area contributed by atoms with E-state index in [2.05, 4.69) is 36.1 Å². The molecule has 18 heavy (non-hydrogen) atoms. The third-order valence-electron chi connectivity index (χ3n) is 3.91. The number of benzene rings is 1. The maximum absolute atomic E-state index is 5.91. The lowest BCUT2D eigenvalue weighted by Gasteiger charge is -2.31. The molecule has 1 nitrogen and oxygen atoms in total. The predicted octanol–water partition coefficient (Wildman–Crippen LogP) is 4.06. The Morgan fingerprint density at radius 1 is 1.28 bits per heavy atom. The molecule has 0 amide bonds. The van der Waals surface area contributed by atoms with Gasteiger partial charge in [0.15, 0.2) is 0 Å². The van der Waals surface area contributed by atoms with Gasteiger partial charge in [-0.3, -0.25) is 0 Å². The van der Waals surface area contributed by atoms with Gasteiger partial charge < -0.3 is 4.90 Å². The summed E-state index contributed by atoms with van der Waals surface area (Å²) in [6.07, 6.45) is 5.14. The molecule has 0 fully saturated rings. The van der Waals surface area contributed by atoms with Gasteiger partial charge in [-0.05, 0) is 49.3 Å². The van der Waals surface area contributed by atoms with Gasteiger partial charge in [0, 0.05) is 19.0 Å². The first-order valence-corrected chi connectivity index (χ1v) is 7.74. The molecule has 1 aromatic rings. The Balaban J connectivity index is 2.05. The number of nitrogens with zero attached hydrogens (tertiary/aromatic N) is 1. The van der Waals surface area contributed by atoms with E-state index in [1.165, 1.54) is 38.8 Å². The van der Waals surface area contributed by atoms with E-state index in [0.29, 0.717) is 5.92 Å². The molecule has 0 bridgehead atoms. The molecule has 1 unspecified atom stereocenters. The second kappa shape index (κ2) is 7.16. The molecule has 0 aromatic heterocycles. The molecule has 1 atom stereocenters. The first-order valence-electron chi connectivity index (χ1n) is 7.21. The van der Waals surface area contributed by atoms with E-state index in [9.17, 15) is 0 Å². The molecule has 1 aliphatic rings. The van der Waals surface area contributed by atoms with Crippen LogP contribution in [-0.2, 0) is 6.42 Å². The van der Waals surface area contributed by atoms with Gasteiger partial charge in [-0.2, -0.15) is 0 Å². The fourth-order valence-electron chi connectivity index (χ4n) is 3.09. The number of rotatable bonds is 6. The molecular formula is C16H24ClN. The van der Waals surface area contributed by atoms with Crippen LogP contribution in [0.3, 0.4) is 0 Å². The average Bonchev–Trinajstić information content (AvgIpc) is 2.40. The zero-order chi connectivity index (χ0) is 12.8. The Labute approximate surface area is 116 Å². The predicted molar refractivity (Wildman–Crippen MR) is 79.6 cm³/mol. The van der Waals surface area contributed by atoms with Crippen molar-refractivity contribution in [2.75, 3.05) is 25.5 Å². The Hall–Kier alpha value is -0.530. The number of hydrogen-bond acceptors (Lipinski definition) is 1. The van der Waals surface area contributed by atoms with Gasteiger partial charge in [0.1, 0.15) is 0 Å². The third-order valence-corrected chi connectivity index (χ3v) is 4.08. The Kier molecular flexibility index (Phi) is 5.52. The lowest BCUT2D eigenvalue weighted by Crippen LogP contribution is -2.32. The van der Waals surface area contributed by atoms with Crippen molar-refractivity contribution < 1.29 is 0 Å². The number of halogens is 1. The lowest BCUT2D eigenvalue weighted by molar-refractivity contribution is 0.261. The summed E-state index contributed by atoms with van der Waals surface area (Å²) >= 11 is 5.91. The molecule has 1 aromatic carbocycles. The minimum Gasteiger partial charge on any atom is -0.302 e. The number of fused-ring (bicyclic) bond motifs is 1. The van der Waals surface area contributed by atoms with Crippen LogP contribution in [0.25, 0.3) is 0 Å². The summed E-state index contributed by atoms with van der Waals surface area (Å²) in [5.74, 6) is 1.46. The highest BCUT2D eigenvalue weighted by Crippen LogP contribution is 2.32. The molecule has 0 heterocycles. The summed E-state index contributed by atoms with van der Waals surface area (Å²) in [6, 6.07) is 8.98. The SMILES string of the molecule is CCCN(CCCl)CC1CCCc2ccccc21. The lowest BCUT2D eigenvalue weighted by atomic mass is 9.82. The summed E-state index contributed by atoms with van der Waals surface area (Å²) in [5.41, 5.74) is 3.15. The molecule has 2 heteroatoms. The highest BCUT2D eigenvalue weighted by molar-refractivity contribution is 6.18. The molecular weight excluding hydrogens is 242 g/mol. The summed E-state index contributed by atoms with van der Waals surface area (Å²) in [4.78, 5) is 2.53. The standard InChI is InChI=1S/C16H24ClN/c1-2-11-18(12-10-17)13-15-8-5-7-14-6-3-4-9-16(14)15/h3-4,6,9,15H,2,5,7-8,10-13H2,1H3. The van der Waals surface area contributed by atoms with Crippen LogP contribution in [0.4, 0.5) is 0 Å². The molecule has 0 spiro atoms. The summed E-state index contributed by atoms with van der Waals surface area (Å²) in [7, 11) is 0. The molecule has 0 saturated carbocycles. The highest BCUT2D eigenvalue weighted by Gasteiger charge is 2.21. The Morgan fingerprint density at radius 3 is 2.89 bits per heavy atom. The topological polar surface area (TPSA) is 3.24 Å². The van der Waals surface area contributed by atoms with Gasteiger partial charge in [0.05, 0.1) is 0 Å². The molecule has 0 aliphatic heterocycles. The summed E-state index contributed by atoms with van der Waals surface area (Å²) in [5, 5.41) is 0. The Bertz CT molecular complexity index is 358. The van der Waals surface area contributed by atoms with E-state index in [4.69, 9.17) is 11.6 Å². The first kappa shape index (κ1) is 13.9. The van der Waals surface area contributed by atoms with Gasteiger partial charge in [-0.25, -0.2) is 0 Å². The van der Waals surface area contributed by atoms with Gasteiger partial charge >= 0.3 is 0 Å². The number of hydrogen-bond donors (Lipinski definition) is 0. The van der Waals surface area contributed by atoms with Crippen LogP contribution in [0.5, 0.6) is 0 Å². The van der Waals surface area contributed by atoms with E-state index >= 15 is 0 Å². The fourth-order valence-corrected chi connectivity index (χ4v) is 3.33. The van der Waals surface area contributed by atoms with Crippen LogP contribution in [0, 0.1) is 0 Å². The molecule has 0 N–H and O–H groups in total. The van der Waals surface area contributed by atoms with Gasteiger partial charge in [0.25, 0.3) is 0 Å². The van der Waals surface area contributed by atoms with Crippen LogP contribution in [-0.4, -0.2) is 30.4 Å². The monoisotopic (exact) mass is 265 g/mol. The van der Waals surface area contributed by atoms with Crippen molar-refractivity contribution in [3.05, 3.63) is 35.4 Å². The fraction of sp³-hybridized carbons (Fsp3) is 0.625. The van der Waals surface area contributed by atoms with Crippen molar-refractivity contribution in [2.24, 2.45) is 0 Å². The third kappa shape index (κ3) is 3.49. The second-order valence-electron chi connectivity index (χ2n) is 5.28. The van der Waals surface area contributed by atoms with E-state index in [1.807, 2.05) is 0 Å². The highest BCUT2D eigenvalue weighted by atomic mass is 35.5. The van der Waals surface area contributed by atoms with Crippen LogP contribution in [0.1, 0.15) is 43.2 Å². The Morgan fingerprint density at radius 2 is 2.11 bits per heavy atom. The van der Waals surface area contributed by atoms with E-state index in [1.54, 1.807) is 11.1 Å². The number of aryl methyl sites for hydroxylation is 1. The molecule has 0 saturated heterocycles. The molecule has 0 radical (unpaired) electrons. The van der Waals surface area contributed by atoms with E-state index in [-0.39, 0.29) is 0 Å². The molecule has 100 valence electrons. The molecule has 1 aliphatic carbocycles. The molecule has 2 rings (SSSR count). The minimum atomic E-state index is 0.713. The zero-order valence-electron chi connectivity index (χ0n) is 11.4. The van der Waals surface area contributed by atoms with Crippen LogP contribution < -0.4 is 0 Å². The van der Waals surface area contributed by atoms with E-state index < -0.39 is 0 Å². The largest absolute Gasteiger partial charge is 0.302 e. The summed E-state index contributed by atoms with van der Waals surface area (Å²) in [6.45, 7) is 5.62. The van der Waals surface area contributed by atoms with Gasteiger partial charge in [-0.1, -0.05) is 31.2 Å². The van der Waals surface area contributed by atoms with Crippen molar-refractivity contribution in [1.82, 2.24) is 4.90 Å². The van der Waals surface area contributed by atoms with Gasteiger partial charge in [0.2, 0.25) is 0 Å². The first-order chi connectivity index (χ1) is 8.85. The zero-order valence-corrected chi connectivity index (χ0v) is 12.1.